The van der Waals surface area contributed by atoms with E-state index in [9.17, 15) is 9.59 Å². The average molecular weight is 669 g/mol. The highest BCUT2D eigenvalue weighted by atomic mass is 32.1. The molecule has 2 heterocycles. The van der Waals surface area contributed by atoms with Crippen molar-refractivity contribution in [3.05, 3.63) is 81.5 Å². The Labute approximate surface area is 288 Å². The third kappa shape index (κ3) is 9.14. The number of aryl methyl sites for hydroxylation is 2. The molecule has 0 aliphatic heterocycles. The average Bonchev–Trinajstić information content (AvgIpc) is 3.80. The van der Waals surface area contributed by atoms with Crippen LogP contribution in [0.25, 0.3) is 32.0 Å². The first-order chi connectivity index (χ1) is 22.9. The quantitative estimate of drug-likeness (QED) is 0.101. The fraction of sp³-hybridized carbons (Fsp3) is 0.385. The van der Waals surface area contributed by atoms with Crippen molar-refractivity contribution in [2.24, 2.45) is 0 Å². The van der Waals surface area contributed by atoms with Gasteiger partial charge in [0.15, 0.2) is 0 Å². The second-order valence-corrected chi connectivity index (χ2v) is 14.8. The lowest BCUT2D eigenvalue weighted by Crippen LogP contribution is -2.29. The molecule has 1 aliphatic rings. The number of unbranched alkanes of at least 4 members (excludes halogenated alkanes) is 4. The molecule has 4 aromatic rings. The molecule has 6 nitrogen and oxygen atoms in total. The van der Waals surface area contributed by atoms with Crippen molar-refractivity contribution in [3.8, 4) is 20.9 Å². The van der Waals surface area contributed by atoms with E-state index in [0.29, 0.717) is 13.1 Å². The van der Waals surface area contributed by atoms with Crippen molar-refractivity contribution in [2.75, 3.05) is 23.7 Å². The van der Waals surface area contributed by atoms with Gasteiger partial charge in [-0.3, -0.25) is 0 Å². The monoisotopic (exact) mass is 668 g/mol. The molecule has 248 valence electrons. The van der Waals surface area contributed by atoms with E-state index >= 15 is 0 Å². The van der Waals surface area contributed by atoms with Crippen LogP contribution in [0.4, 0.5) is 21.0 Å². The summed E-state index contributed by atoms with van der Waals surface area (Å²) in [5.41, 5.74) is 9.60. The number of hydrogen-bond acceptors (Lipinski definition) is 4. The third-order valence-electron chi connectivity index (χ3n) is 8.69. The first kappa shape index (κ1) is 34.5. The zero-order chi connectivity index (χ0) is 33.2. The number of carbonyl (C=O) groups is 2. The standard InChI is InChI=1S/C39H48N4O2S2/c1-5-7-9-22-40-38(44)42-30-18-14-28(15-19-30)36-24-34(26(3)46-36)32-12-11-13-33(32)35-25-37(47-27(35)4)29-16-20-31(21-17-29)43-39(45)41-23-10-8-6-2/h14-21,24-25H,5-13,22-23H2,1-4H3,(H2,40,42,44)(H2,41,43,45). The van der Waals surface area contributed by atoms with Gasteiger partial charge in [0.05, 0.1) is 0 Å². The molecule has 4 N–H and O–H groups in total. The van der Waals surface area contributed by atoms with Crippen molar-refractivity contribution in [1.29, 1.82) is 0 Å². The van der Waals surface area contributed by atoms with Crippen LogP contribution in [0.5, 0.6) is 0 Å². The molecule has 2 aromatic heterocycles. The molecule has 0 saturated heterocycles. The zero-order valence-electron chi connectivity index (χ0n) is 28.2. The molecule has 4 amide bonds. The van der Waals surface area contributed by atoms with E-state index in [1.54, 1.807) is 0 Å². The van der Waals surface area contributed by atoms with Gasteiger partial charge in [-0.2, -0.15) is 0 Å². The first-order valence-electron chi connectivity index (χ1n) is 17.1. The third-order valence-corrected chi connectivity index (χ3v) is 10.9. The van der Waals surface area contributed by atoms with Crippen LogP contribution in [-0.4, -0.2) is 25.2 Å². The van der Waals surface area contributed by atoms with Gasteiger partial charge in [0, 0.05) is 44.0 Å². The Morgan fingerprint density at radius 1 is 0.617 bits per heavy atom. The lowest BCUT2D eigenvalue weighted by Gasteiger charge is -2.08. The van der Waals surface area contributed by atoms with Crippen LogP contribution in [-0.2, 0) is 0 Å². The largest absolute Gasteiger partial charge is 0.338 e. The Balaban J connectivity index is 1.27. The summed E-state index contributed by atoms with van der Waals surface area (Å²) >= 11 is 3.68. The molecule has 0 bridgehead atoms. The Bertz CT molecular complexity index is 1560. The Kier molecular flexibility index (Phi) is 12.3. The van der Waals surface area contributed by atoms with E-state index in [4.69, 9.17) is 0 Å². The van der Waals surface area contributed by atoms with Crippen LogP contribution < -0.4 is 21.3 Å². The molecular formula is C39H48N4O2S2. The summed E-state index contributed by atoms with van der Waals surface area (Å²) in [6.45, 7) is 10.2. The molecule has 0 unspecified atom stereocenters. The maximum atomic E-state index is 12.2. The van der Waals surface area contributed by atoms with E-state index in [-0.39, 0.29) is 12.1 Å². The van der Waals surface area contributed by atoms with Crippen LogP contribution >= 0.6 is 22.7 Å². The summed E-state index contributed by atoms with van der Waals surface area (Å²) in [5.74, 6) is 0. The highest BCUT2D eigenvalue weighted by Gasteiger charge is 2.23. The van der Waals surface area contributed by atoms with E-state index in [2.05, 4.69) is 85.4 Å². The Morgan fingerprint density at radius 3 is 1.40 bits per heavy atom. The lowest BCUT2D eigenvalue weighted by atomic mass is 9.96. The fourth-order valence-electron chi connectivity index (χ4n) is 6.13. The van der Waals surface area contributed by atoms with Gasteiger partial charge in [-0.25, -0.2) is 9.59 Å². The second kappa shape index (κ2) is 16.8. The van der Waals surface area contributed by atoms with E-state index in [1.165, 1.54) is 59.3 Å². The van der Waals surface area contributed by atoms with Crippen LogP contribution in [0.2, 0.25) is 0 Å². The SMILES string of the molecule is CCCCCNC(=O)Nc1ccc(-c2cc(C3=C(c4cc(-c5ccc(NC(=O)NCCCCC)cc5)sc4C)CCC3)c(C)s2)cc1. The predicted molar refractivity (Wildman–Crippen MR) is 203 cm³/mol. The van der Waals surface area contributed by atoms with Gasteiger partial charge in [0.25, 0.3) is 0 Å². The van der Waals surface area contributed by atoms with Crippen LogP contribution in [0.15, 0.2) is 60.7 Å². The number of allylic oxidation sites excluding steroid dienone is 2. The molecule has 0 fully saturated rings. The van der Waals surface area contributed by atoms with Crippen molar-refractivity contribution in [3.63, 3.8) is 0 Å². The number of benzene rings is 2. The smallest absolute Gasteiger partial charge is 0.319 e. The molecule has 0 atom stereocenters. The summed E-state index contributed by atoms with van der Waals surface area (Å²) in [7, 11) is 0. The summed E-state index contributed by atoms with van der Waals surface area (Å²) in [5, 5.41) is 11.8. The number of carbonyl (C=O) groups excluding carboxylic acids is 2. The van der Waals surface area contributed by atoms with Crippen LogP contribution in [0.1, 0.15) is 92.5 Å². The highest BCUT2D eigenvalue weighted by Crippen LogP contribution is 2.47. The lowest BCUT2D eigenvalue weighted by molar-refractivity contribution is 0.251. The van der Waals surface area contributed by atoms with Crippen molar-refractivity contribution in [1.82, 2.24) is 10.6 Å². The van der Waals surface area contributed by atoms with Crippen molar-refractivity contribution >= 4 is 57.3 Å². The van der Waals surface area contributed by atoms with Gasteiger partial charge in [-0.05, 0) is 116 Å². The minimum absolute atomic E-state index is 0.151. The number of anilines is 2. The van der Waals surface area contributed by atoms with Gasteiger partial charge in [0.2, 0.25) is 0 Å². The summed E-state index contributed by atoms with van der Waals surface area (Å²) < 4.78 is 0. The van der Waals surface area contributed by atoms with Crippen LogP contribution in [0, 0.1) is 13.8 Å². The summed E-state index contributed by atoms with van der Waals surface area (Å²) in [4.78, 5) is 29.6. The predicted octanol–water partition coefficient (Wildman–Crippen LogP) is 11.5. The zero-order valence-corrected chi connectivity index (χ0v) is 29.8. The van der Waals surface area contributed by atoms with E-state index in [0.717, 1.165) is 62.7 Å². The first-order valence-corrected chi connectivity index (χ1v) is 18.7. The Hall–Kier alpha value is -3.88. The molecule has 8 heteroatoms. The molecule has 47 heavy (non-hydrogen) atoms. The van der Waals surface area contributed by atoms with Gasteiger partial charge in [-0.1, -0.05) is 63.8 Å². The molecule has 2 aromatic carbocycles. The Morgan fingerprint density at radius 2 is 1.02 bits per heavy atom. The maximum Gasteiger partial charge on any atom is 0.319 e. The van der Waals surface area contributed by atoms with E-state index < -0.39 is 0 Å². The topological polar surface area (TPSA) is 82.3 Å². The number of amides is 4. The normalized spacial score (nSPS) is 12.8. The molecule has 5 rings (SSSR count). The van der Waals surface area contributed by atoms with Gasteiger partial charge in [0.1, 0.15) is 0 Å². The molecule has 1 aliphatic carbocycles. The second-order valence-electron chi connectivity index (χ2n) is 12.3. The van der Waals surface area contributed by atoms with Gasteiger partial charge in [-0.15, -0.1) is 22.7 Å². The number of urea groups is 2. The number of thiophene rings is 2. The number of nitrogens with one attached hydrogen (secondary N) is 4. The van der Waals surface area contributed by atoms with Crippen molar-refractivity contribution in [2.45, 2.75) is 85.5 Å². The number of rotatable bonds is 14. The number of hydrogen-bond donors (Lipinski definition) is 4. The van der Waals surface area contributed by atoms with Gasteiger partial charge >= 0.3 is 12.1 Å². The molecule has 0 spiro atoms. The van der Waals surface area contributed by atoms with Crippen molar-refractivity contribution < 1.29 is 9.59 Å². The fourth-order valence-corrected chi connectivity index (χ4v) is 8.23. The minimum atomic E-state index is -0.151. The molecule has 0 radical (unpaired) electrons. The maximum absolute atomic E-state index is 12.2. The summed E-state index contributed by atoms with van der Waals surface area (Å²) in [6.07, 6.45) is 9.88. The summed E-state index contributed by atoms with van der Waals surface area (Å²) in [6, 6.07) is 20.7. The van der Waals surface area contributed by atoms with Crippen LogP contribution in [0.3, 0.4) is 0 Å². The van der Waals surface area contributed by atoms with Gasteiger partial charge < -0.3 is 21.3 Å². The molecular weight excluding hydrogens is 621 g/mol. The minimum Gasteiger partial charge on any atom is -0.338 e. The van der Waals surface area contributed by atoms with E-state index in [1.807, 2.05) is 46.9 Å². The molecule has 0 saturated carbocycles. The highest BCUT2D eigenvalue weighted by molar-refractivity contribution is 7.16.